The van der Waals surface area contributed by atoms with Crippen LogP contribution in [0.3, 0.4) is 0 Å². The number of ether oxygens (including phenoxy) is 1. The fraction of sp³-hybridized carbons (Fsp3) is 0.613. The minimum absolute atomic E-state index is 0.0340. The van der Waals surface area contributed by atoms with Crippen LogP contribution in [0.2, 0.25) is 0 Å². The van der Waals surface area contributed by atoms with Crippen LogP contribution in [-0.2, 0) is 16.8 Å². The molecule has 4 atom stereocenters. The molecule has 1 spiro atoms. The molecular formula is C31H45N4O2+3. The highest BCUT2D eigenvalue weighted by Gasteiger charge is 2.58. The molecule has 1 saturated carbocycles. The van der Waals surface area contributed by atoms with Gasteiger partial charge in [-0.1, -0.05) is 62.4 Å². The topological polar surface area (TPSA) is 76.9 Å². The first kappa shape index (κ1) is 24.9. The van der Waals surface area contributed by atoms with Crippen LogP contribution in [0.25, 0.3) is 0 Å². The number of nitrogens with zero attached hydrogens (tertiary/aromatic N) is 1. The van der Waals surface area contributed by atoms with Crippen molar-refractivity contribution in [1.29, 1.82) is 0 Å². The Bertz CT molecular complexity index is 1090. The van der Waals surface area contributed by atoms with E-state index >= 15 is 0 Å². The van der Waals surface area contributed by atoms with Crippen LogP contribution < -0.4 is 20.4 Å². The van der Waals surface area contributed by atoms with Gasteiger partial charge in [0.15, 0.2) is 6.54 Å². The summed E-state index contributed by atoms with van der Waals surface area (Å²) < 4.78 is 5.48. The van der Waals surface area contributed by atoms with Gasteiger partial charge in [-0.3, -0.25) is 4.79 Å². The minimum atomic E-state index is -0.112. The Hall–Kier alpha value is -2.44. The largest absolute Gasteiger partial charge is 0.448 e. The molecule has 2 aromatic rings. The van der Waals surface area contributed by atoms with Gasteiger partial charge >= 0.3 is 5.88 Å². The molecule has 6 rings (SSSR count). The zero-order valence-electron chi connectivity index (χ0n) is 22.5. The molecule has 1 aromatic heterocycles. The molecule has 5 N–H and O–H groups in total. The van der Waals surface area contributed by atoms with E-state index in [0.29, 0.717) is 17.9 Å². The number of hydrogen-bond acceptors (Lipinski definition) is 2. The van der Waals surface area contributed by atoms with Gasteiger partial charge in [-0.25, -0.2) is 0 Å². The van der Waals surface area contributed by atoms with Crippen molar-refractivity contribution in [2.75, 3.05) is 33.3 Å². The number of quaternary nitrogens is 2. The summed E-state index contributed by atoms with van der Waals surface area (Å²) in [4.78, 5) is 20.4. The van der Waals surface area contributed by atoms with Gasteiger partial charge in [0, 0.05) is 18.2 Å². The van der Waals surface area contributed by atoms with Gasteiger partial charge in [-0.2, -0.15) is 4.98 Å². The van der Waals surface area contributed by atoms with E-state index in [4.69, 9.17) is 4.74 Å². The highest BCUT2D eigenvalue weighted by Crippen LogP contribution is 2.41. The number of fused-ring (bicyclic) bond motifs is 2. The number of methoxy groups -OCH3 is 1. The van der Waals surface area contributed by atoms with Crippen molar-refractivity contribution in [2.24, 2.45) is 11.8 Å². The summed E-state index contributed by atoms with van der Waals surface area (Å²) in [6.07, 6.45) is 10.2. The van der Waals surface area contributed by atoms with Crippen LogP contribution in [0.15, 0.2) is 42.5 Å². The van der Waals surface area contributed by atoms with Crippen LogP contribution in [-0.4, -0.2) is 50.1 Å². The molecule has 198 valence electrons. The van der Waals surface area contributed by atoms with Gasteiger partial charge in [0.2, 0.25) is 11.6 Å². The van der Waals surface area contributed by atoms with Gasteiger partial charge in [0.1, 0.15) is 11.3 Å². The molecule has 2 saturated heterocycles. The standard InChI is InChI=1S/C31H42N4O2/c1-37-29-13-12-26-28(34-29)19-33-21-31(26)20-32-18-27(31)30(36)35-15-14-24(23-10-6-3-7-11-23)17-25(35)16-22-8-4-2-5-9-22/h3,6-7,10-13,22,24-25,27,32-33H,2,4-5,8-9,14-21H2,1H3/p+3/t24-,25-,27+,31-/m1/s1. The number of pyridine rings is 1. The van der Waals surface area contributed by atoms with E-state index in [1.54, 1.807) is 7.11 Å². The average molecular weight is 506 g/mol. The number of amides is 1. The number of piperidine rings is 1. The van der Waals surface area contributed by atoms with Crippen molar-refractivity contribution in [1.82, 2.24) is 4.90 Å². The third-order valence-electron chi connectivity index (χ3n) is 10.1. The van der Waals surface area contributed by atoms with Crippen LogP contribution >= 0.6 is 0 Å². The maximum Gasteiger partial charge on any atom is 0.366 e. The van der Waals surface area contributed by atoms with Crippen LogP contribution in [0.1, 0.15) is 74.1 Å². The summed E-state index contributed by atoms with van der Waals surface area (Å²) in [6, 6.07) is 15.7. The number of aromatic nitrogens is 1. The van der Waals surface area contributed by atoms with Crippen molar-refractivity contribution in [3.05, 3.63) is 59.3 Å². The number of benzene rings is 1. The lowest BCUT2D eigenvalue weighted by Crippen LogP contribution is -2.91. The van der Waals surface area contributed by atoms with Crippen molar-refractivity contribution in [3.63, 3.8) is 0 Å². The second kappa shape index (κ2) is 10.7. The Balaban J connectivity index is 1.27. The Morgan fingerprint density at radius 2 is 1.86 bits per heavy atom. The molecule has 37 heavy (non-hydrogen) atoms. The van der Waals surface area contributed by atoms with Crippen molar-refractivity contribution < 1.29 is 25.1 Å². The molecule has 0 radical (unpaired) electrons. The SMILES string of the molecule is COc1ccc2c([nH+]1)C[NH2+]C[C@]21C[NH2+]C[C@H]1C(=O)N1CC[C@@H](c2ccccc2)C[C@H]1CC1CCCCC1. The van der Waals surface area contributed by atoms with Crippen molar-refractivity contribution >= 4 is 5.91 Å². The van der Waals surface area contributed by atoms with Crippen LogP contribution in [0.5, 0.6) is 5.88 Å². The number of nitrogens with two attached hydrogens (primary N) is 2. The van der Waals surface area contributed by atoms with E-state index in [0.717, 1.165) is 57.4 Å². The Morgan fingerprint density at radius 1 is 1.05 bits per heavy atom. The highest BCUT2D eigenvalue weighted by atomic mass is 16.5. The van der Waals surface area contributed by atoms with E-state index in [1.807, 2.05) is 6.07 Å². The number of carbonyl (C=O) groups is 1. The smallest absolute Gasteiger partial charge is 0.366 e. The van der Waals surface area contributed by atoms with Gasteiger partial charge in [0.05, 0.1) is 32.8 Å². The first-order valence-corrected chi connectivity index (χ1v) is 14.8. The van der Waals surface area contributed by atoms with Gasteiger partial charge < -0.3 is 20.3 Å². The number of hydrogen-bond donors (Lipinski definition) is 2. The Morgan fingerprint density at radius 3 is 2.68 bits per heavy atom. The number of nitrogens with one attached hydrogen (secondary N) is 1. The third kappa shape index (κ3) is 4.79. The van der Waals surface area contributed by atoms with E-state index in [-0.39, 0.29) is 11.3 Å². The average Bonchev–Trinajstić information content (AvgIpc) is 3.37. The molecule has 3 aliphatic heterocycles. The van der Waals surface area contributed by atoms with Crippen LogP contribution in [0, 0.1) is 11.8 Å². The fourth-order valence-electron chi connectivity index (χ4n) is 8.18. The monoisotopic (exact) mass is 505 g/mol. The molecular weight excluding hydrogens is 460 g/mol. The number of likely N-dealkylation sites (tertiary alicyclic amines) is 1. The molecule has 0 bridgehead atoms. The Labute approximate surface area is 221 Å². The molecule has 4 aliphatic rings. The summed E-state index contributed by atoms with van der Waals surface area (Å²) in [5.74, 6) is 2.58. The quantitative estimate of drug-likeness (QED) is 0.650. The van der Waals surface area contributed by atoms with Gasteiger partial charge in [-0.15, -0.1) is 0 Å². The predicted octanol–water partition coefficient (Wildman–Crippen LogP) is 1.76. The van der Waals surface area contributed by atoms with Crippen molar-refractivity contribution in [3.8, 4) is 5.88 Å². The van der Waals surface area contributed by atoms with E-state index in [2.05, 4.69) is 56.9 Å². The van der Waals surface area contributed by atoms with Crippen LogP contribution in [0.4, 0.5) is 0 Å². The molecule has 1 aromatic carbocycles. The molecule has 6 heteroatoms. The summed E-state index contributed by atoms with van der Waals surface area (Å²) in [5.41, 5.74) is 3.90. The predicted molar refractivity (Wildman–Crippen MR) is 142 cm³/mol. The van der Waals surface area contributed by atoms with Gasteiger partial charge in [0.25, 0.3) is 0 Å². The lowest BCUT2D eigenvalue weighted by molar-refractivity contribution is -0.701. The first-order chi connectivity index (χ1) is 18.2. The zero-order valence-corrected chi connectivity index (χ0v) is 22.5. The molecule has 6 nitrogen and oxygen atoms in total. The zero-order chi connectivity index (χ0) is 25.2. The molecule has 4 heterocycles. The second-order valence-electron chi connectivity index (χ2n) is 12.1. The van der Waals surface area contributed by atoms with E-state index in [1.165, 1.54) is 55.3 Å². The highest BCUT2D eigenvalue weighted by molar-refractivity contribution is 5.82. The van der Waals surface area contributed by atoms with E-state index < -0.39 is 0 Å². The second-order valence-corrected chi connectivity index (χ2v) is 12.1. The lowest BCUT2D eigenvalue weighted by atomic mass is 9.69. The summed E-state index contributed by atoms with van der Waals surface area (Å²) in [7, 11) is 1.71. The fourth-order valence-corrected chi connectivity index (χ4v) is 8.18. The van der Waals surface area contributed by atoms with E-state index in [9.17, 15) is 4.79 Å². The molecule has 1 aliphatic carbocycles. The lowest BCUT2D eigenvalue weighted by Gasteiger charge is -2.44. The summed E-state index contributed by atoms with van der Waals surface area (Å²) >= 11 is 0. The number of carbonyl (C=O) groups excluding carboxylic acids is 1. The summed E-state index contributed by atoms with van der Waals surface area (Å²) in [6.45, 7) is 4.68. The normalized spacial score (nSPS) is 30.3. The van der Waals surface area contributed by atoms with Crippen molar-refractivity contribution in [2.45, 2.75) is 75.3 Å². The third-order valence-corrected chi connectivity index (χ3v) is 10.1. The molecule has 1 amide bonds. The van der Waals surface area contributed by atoms with Gasteiger partial charge in [-0.05, 0) is 42.7 Å². The maximum atomic E-state index is 14.6. The number of rotatable bonds is 5. The number of H-pyrrole nitrogens is 1. The first-order valence-electron chi connectivity index (χ1n) is 14.8. The summed E-state index contributed by atoms with van der Waals surface area (Å²) in [5, 5.41) is 4.78. The molecule has 0 unspecified atom stereocenters. The maximum absolute atomic E-state index is 14.6. The Kier molecular flexibility index (Phi) is 7.22. The minimum Gasteiger partial charge on any atom is -0.448 e. The molecule has 3 fully saturated rings. The number of aromatic amines is 1.